The number of hydrogen-bond donors (Lipinski definition) is 2. The number of nitrogen functional groups attached to an aromatic ring is 1. The van der Waals surface area contributed by atoms with Gasteiger partial charge < -0.3 is 11.1 Å². The fourth-order valence-corrected chi connectivity index (χ4v) is 3.09. The highest BCUT2D eigenvalue weighted by Gasteiger charge is 2.56. The van der Waals surface area contributed by atoms with Gasteiger partial charge in [-0.05, 0) is 30.7 Å². The number of halogens is 2. The smallest absolute Gasteiger partial charge is 0.228 e. The largest absolute Gasteiger partial charge is 0.396 e. The van der Waals surface area contributed by atoms with Gasteiger partial charge in [0.25, 0.3) is 0 Å². The van der Waals surface area contributed by atoms with Crippen LogP contribution in [0.2, 0.25) is 0 Å². The molecule has 0 aliphatic heterocycles. The Kier molecular flexibility index (Phi) is 2.50. The quantitative estimate of drug-likeness (QED) is 0.795. The van der Waals surface area contributed by atoms with Crippen molar-refractivity contribution in [1.29, 1.82) is 0 Å². The van der Waals surface area contributed by atoms with Crippen LogP contribution in [0, 0.1) is 29.4 Å². The Morgan fingerprint density at radius 1 is 1.22 bits per heavy atom. The van der Waals surface area contributed by atoms with Gasteiger partial charge in [-0.3, -0.25) is 4.79 Å². The molecule has 5 heteroatoms. The van der Waals surface area contributed by atoms with Gasteiger partial charge in [0, 0.05) is 12.0 Å². The molecule has 0 aromatic heterocycles. The Hall–Kier alpha value is -1.65. The minimum Gasteiger partial charge on any atom is -0.396 e. The molecule has 3 rings (SSSR count). The summed E-state index contributed by atoms with van der Waals surface area (Å²) in [4.78, 5) is 11.9. The molecule has 3 nitrogen and oxygen atoms in total. The van der Waals surface area contributed by atoms with Gasteiger partial charge in [-0.15, -0.1) is 0 Å². The fraction of sp³-hybridized carbons (Fsp3) is 0.462. The van der Waals surface area contributed by atoms with Crippen molar-refractivity contribution in [2.45, 2.75) is 19.3 Å². The standard InChI is InChI=1S/C13H14F2N2O/c14-8-4-9(15)11(5-10(8)16)17-13(18)12-6-2-1-3-7(6)12/h4-7,12H,1-3,16H2,(H,17,18). The maximum absolute atomic E-state index is 13.5. The molecular weight excluding hydrogens is 238 g/mol. The topological polar surface area (TPSA) is 55.1 Å². The number of rotatable bonds is 2. The number of carbonyl (C=O) groups is 1. The van der Waals surface area contributed by atoms with Gasteiger partial charge in [0.2, 0.25) is 5.91 Å². The number of nitrogens with two attached hydrogens (primary N) is 1. The van der Waals surface area contributed by atoms with Crippen molar-refractivity contribution in [2.75, 3.05) is 11.1 Å². The van der Waals surface area contributed by atoms with Crippen LogP contribution in [0.3, 0.4) is 0 Å². The first kappa shape index (κ1) is 11.4. The van der Waals surface area contributed by atoms with Gasteiger partial charge in [-0.25, -0.2) is 8.78 Å². The zero-order valence-electron chi connectivity index (χ0n) is 9.75. The van der Waals surface area contributed by atoms with E-state index >= 15 is 0 Å². The maximum Gasteiger partial charge on any atom is 0.228 e. The molecule has 96 valence electrons. The van der Waals surface area contributed by atoms with Crippen LogP contribution in [0.4, 0.5) is 20.2 Å². The third-order valence-corrected chi connectivity index (χ3v) is 4.05. The van der Waals surface area contributed by atoms with Crippen molar-refractivity contribution in [3.8, 4) is 0 Å². The summed E-state index contributed by atoms with van der Waals surface area (Å²) in [5.74, 6) is -0.842. The lowest BCUT2D eigenvalue weighted by Crippen LogP contribution is -2.17. The molecule has 2 aliphatic rings. The minimum absolute atomic E-state index is 0.00410. The lowest BCUT2D eigenvalue weighted by atomic mass is 10.1. The molecule has 2 aliphatic carbocycles. The van der Waals surface area contributed by atoms with Crippen LogP contribution in [-0.4, -0.2) is 5.91 Å². The van der Waals surface area contributed by atoms with Gasteiger partial charge in [0.05, 0.1) is 11.4 Å². The average molecular weight is 252 g/mol. The first-order valence-electron chi connectivity index (χ1n) is 6.13. The summed E-state index contributed by atoms with van der Waals surface area (Å²) in [6.45, 7) is 0. The summed E-state index contributed by atoms with van der Waals surface area (Å²) < 4.78 is 26.4. The van der Waals surface area contributed by atoms with Crippen LogP contribution >= 0.6 is 0 Å². The Morgan fingerprint density at radius 3 is 2.56 bits per heavy atom. The van der Waals surface area contributed by atoms with Crippen LogP contribution < -0.4 is 11.1 Å². The predicted octanol–water partition coefficient (Wildman–Crippen LogP) is 2.53. The molecule has 18 heavy (non-hydrogen) atoms. The summed E-state index contributed by atoms with van der Waals surface area (Å²) in [6.07, 6.45) is 3.34. The molecule has 2 saturated carbocycles. The van der Waals surface area contributed by atoms with E-state index in [1.54, 1.807) is 0 Å². The molecule has 1 amide bonds. The SMILES string of the molecule is Nc1cc(NC(=O)C2C3CCCC32)c(F)cc1F. The van der Waals surface area contributed by atoms with Gasteiger partial charge >= 0.3 is 0 Å². The van der Waals surface area contributed by atoms with Crippen LogP contribution in [0.25, 0.3) is 0 Å². The number of benzene rings is 1. The zero-order valence-corrected chi connectivity index (χ0v) is 9.75. The summed E-state index contributed by atoms with van der Waals surface area (Å²) in [7, 11) is 0. The van der Waals surface area contributed by atoms with E-state index < -0.39 is 11.6 Å². The number of amides is 1. The highest BCUT2D eigenvalue weighted by atomic mass is 19.1. The molecular formula is C13H14F2N2O. The van der Waals surface area contributed by atoms with E-state index in [1.807, 2.05) is 0 Å². The Balaban J connectivity index is 1.73. The summed E-state index contributed by atoms with van der Waals surface area (Å²) in [6, 6.07) is 1.82. The molecule has 1 aromatic carbocycles. The van der Waals surface area contributed by atoms with Crippen molar-refractivity contribution >= 4 is 17.3 Å². The fourth-order valence-electron chi connectivity index (χ4n) is 3.09. The van der Waals surface area contributed by atoms with Crippen LogP contribution in [-0.2, 0) is 4.79 Å². The van der Waals surface area contributed by atoms with Gasteiger partial charge in [-0.1, -0.05) is 6.42 Å². The van der Waals surface area contributed by atoms with Gasteiger partial charge in [0.15, 0.2) is 0 Å². The van der Waals surface area contributed by atoms with E-state index in [0.717, 1.165) is 18.9 Å². The monoisotopic (exact) mass is 252 g/mol. The highest BCUT2D eigenvalue weighted by Crippen LogP contribution is 2.57. The van der Waals surface area contributed by atoms with Crippen LogP contribution in [0.1, 0.15) is 19.3 Å². The first-order valence-corrected chi connectivity index (χ1v) is 6.13. The van der Waals surface area contributed by atoms with Crippen molar-refractivity contribution in [2.24, 2.45) is 17.8 Å². The van der Waals surface area contributed by atoms with Crippen molar-refractivity contribution in [3.63, 3.8) is 0 Å². The molecule has 0 saturated heterocycles. The maximum atomic E-state index is 13.5. The zero-order chi connectivity index (χ0) is 12.9. The van der Waals surface area contributed by atoms with Gasteiger partial charge in [-0.2, -0.15) is 0 Å². The van der Waals surface area contributed by atoms with Gasteiger partial charge in [0.1, 0.15) is 11.6 Å². The lowest BCUT2D eigenvalue weighted by Gasteiger charge is -2.09. The molecule has 2 fully saturated rings. The van der Waals surface area contributed by atoms with Crippen LogP contribution in [0.5, 0.6) is 0 Å². The van der Waals surface area contributed by atoms with E-state index in [1.165, 1.54) is 6.42 Å². The predicted molar refractivity (Wildman–Crippen MR) is 63.7 cm³/mol. The second kappa shape index (κ2) is 3.93. The minimum atomic E-state index is -0.811. The van der Waals surface area contributed by atoms with E-state index in [2.05, 4.69) is 5.32 Å². The average Bonchev–Trinajstić information content (AvgIpc) is 2.80. The Bertz CT molecular complexity index is 508. The van der Waals surface area contributed by atoms with E-state index in [9.17, 15) is 13.6 Å². The number of fused-ring (bicyclic) bond motifs is 1. The van der Waals surface area contributed by atoms with E-state index in [0.29, 0.717) is 17.9 Å². The second-order valence-electron chi connectivity index (χ2n) is 5.13. The molecule has 0 spiro atoms. The third kappa shape index (κ3) is 1.74. The number of hydrogen-bond acceptors (Lipinski definition) is 2. The summed E-state index contributed by atoms with van der Waals surface area (Å²) >= 11 is 0. The van der Waals surface area contributed by atoms with Crippen LogP contribution in [0.15, 0.2) is 12.1 Å². The molecule has 0 radical (unpaired) electrons. The highest BCUT2D eigenvalue weighted by molar-refractivity contribution is 5.95. The van der Waals surface area contributed by atoms with Crippen molar-refractivity contribution in [1.82, 2.24) is 0 Å². The Labute approximate surface area is 103 Å². The summed E-state index contributed by atoms with van der Waals surface area (Å²) in [5, 5.41) is 2.51. The Morgan fingerprint density at radius 2 is 1.89 bits per heavy atom. The first-order chi connectivity index (χ1) is 8.58. The number of anilines is 2. The molecule has 0 heterocycles. The normalized spacial score (nSPS) is 28.9. The molecule has 2 atom stereocenters. The molecule has 1 aromatic rings. The molecule has 0 bridgehead atoms. The van der Waals surface area contributed by atoms with E-state index in [-0.39, 0.29) is 23.2 Å². The number of carbonyl (C=O) groups excluding carboxylic acids is 1. The molecule has 3 N–H and O–H groups in total. The second-order valence-corrected chi connectivity index (χ2v) is 5.13. The van der Waals surface area contributed by atoms with Crippen molar-refractivity contribution < 1.29 is 13.6 Å². The third-order valence-electron chi connectivity index (χ3n) is 4.05. The lowest BCUT2D eigenvalue weighted by molar-refractivity contribution is -0.118. The van der Waals surface area contributed by atoms with Crippen molar-refractivity contribution in [3.05, 3.63) is 23.8 Å². The summed E-state index contributed by atoms with van der Waals surface area (Å²) in [5.41, 5.74) is 5.15. The molecule has 2 unspecified atom stereocenters. The number of nitrogens with one attached hydrogen (secondary N) is 1. The van der Waals surface area contributed by atoms with E-state index in [4.69, 9.17) is 5.73 Å².